The molecule has 0 fully saturated rings. The smallest absolute Gasteiger partial charge is 0.323 e. The SMILES string of the molecule is COc1ccc(OC)c(NC(=O)Nc2ccc3c(c2)N(C(=O)c2ccc(C)cc2)CC3)c1. The van der Waals surface area contributed by atoms with Crippen LogP contribution in [0.15, 0.2) is 60.7 Å². The number of hydrogen-bond donors (Lipinski definition) is 2. The Morgan fingerprint density at radius 2 is 1.69 bits per heavy atom. The molecule has 7 heteroatoms. The van der Waals surface area contributed by atoms with Crippen molar-refractivity contribution >= 4 is 29.0 Å². The fraction of sp³-hybridized carbons (Fsp3) is 0.200. The van der Waals surface area contributed by atoms with Gasteiger partial charge in [-0.2, -0.15) is 0 Å². The summed E-state index contributed by atoms with van der Waals surface area (Å²) >= 11 is 0. The minimum Gasteiger partial charge on any atom is -0.497 e. The van der Waals surface area contributed by atoms with Crippen LogP contribution in [-0.4, -0.2) is 32.7 Å². The van der Waals surface area contributed by atoms with Crippen molar-refractivity contribution in [2.24, 2.45) is 0 Å². The van der Waals surface area contributed by atoms with Crippen LogP contribution in [0.5, 0.6) is 11.5 Å². The van der Waals surface area contributed by atoms with E-state index in [-0.39, 0.29) is 5.91 Å². The zero-order valence-electron chi connectivity index (χ0n) is 18.3. The summed E-state index contributed by atoms with van der Waals surface area (Å²) in [5.41, 5.74) is 4.71. The highest BCUT2D eigenvalue weighted by molar-refractivity contribution is 6.08. The summed E-state index contributed by atoms with van der Waals surface area (Å²) in [6, 6.07) is 17.9. The van der Waals surface area contributed by atoms with Crippen molar-refractivity contribution in [1.82, 2.24) is 0 Å². The van der Waals surface area contributed by atoms with Crippen LogP contribution in [0.4, 0.5) is 21.9 Å². The van der Waals surface area contributed by atoms with Crippen LogP contribution in [0, 0.1) is 6.92 Å². The highest BCUT2D eigenvalue weighted by Crippen LogP contribution is 2.33. The largest absolute Gasteiger partial charge is 0.497 e. The lowest BCUT2D eigenvalue weighted by molar-refractivity contribution is 0.0989. The number of hydrogen-bond acceptors (Lipinski definition) is 4. The summed E-state index contributed by atoms with van der Waals surface area (Å²) in [5.74, 6) is 1.07. The van der Waals surface area contributed by atoms with Gasteiger partial charge in [-0.1, -0.05) is 23.8 Å². The number of aryl methyl sites for hydroxylation is 1. The fourth-order valence-corrected chi connectivity index (χ4v) is 3.72. The number of anilines is 3. The van der Waals surface area contributed by atoms with E-state index in [1.807, 2.05) is 49.4 Å². The van der Waals surface area contributed by atoms with E-state index in [0.717, 1.165) is 23.2 Å². The Bertz CT molecular complexity index is 1160. The Labute approximate surface area is 187 Å². The molecule has 32 heavy (non-hydrogen) atoms. The molecule has 1 heterocycles. The number of rotatable bonds is 5. The van der Waals surface area contributed by atoms with Crippen molar-refractivity contribution in [3.8, 4) is 11.5 Å². The van der Waals surface area contributed by atoms with Gasteiger partial charge in [0.2, 0.25) is 0 Å². The number of fused-ring (bicyclic) bond motifs is 1. The van der Waals surface area contributed by atoms with E-state index < -0.39 is 6.03 Å². The maximum absolute atomic E-state index is 13.0. The third kappa shape index (κ3) is 4.37. The predicted molar refractivity (Wildman–Crippen MR) is 125 cm³/mol. The lowest BCUT2D eigenvalue weighted by Crippen LogP contribution is -2.29. The van der Waals surface area contributed by atoms with E-state index in [9.17, 15) is 9.59 Å². The molecular weight excluding hydrogens is 406 g/mol. The number of nitrogens with one attached hydrogen (secondary N) is 2. The minimum absolute atomic E-state index is 0.0496. The summed E-state index contributed by atoms with van der Waals surface area (Å²) in [4.78, 5) is 27.4. The van der Waals surface area contributed by atoms with Crippen molar-refractivity contribution in [2.75, 3.05) is 36.3 Å². The molecular formula is C25H25N3O4. The van der Waals surface area contributed by atoms with Crippen LogP contribution in [0.1, 0.15) is 21.5 Å². The quantitative estimate of drug-likeness (QED) is 0.605. The third-order valence-corrected chi connectivity index (χ3v) is 5.44. The summed E-state index contributed by atoms with van der Waals surface area (Å²) in [5, 5.41) is 5.61. The van der Waals surface area contributed by atoms with Crippen LogP contribution in [0.3, 0.4) is 0 Å². The monoisotopic (exact) mass is 431 g/mol. The molecule has 1 aliphatic heterocycles. The van der Waals surface area contributed by atoms with Crippen molar-refractivity contribution in [3.63, 3.8) is 0 Å². The number of benzene rings is 3. The first-order valence-corrected chi connectivity index (χ1v) is 10.3. The van der Waals surface area contributed by atoms with Gasteiger partial charge in [0.15, 0.2) is 0 Å². The van der Waals surface area contributed by atoms with Gasteiger partial charge >= 0.3 is 6.03 Å². The Hall–Kier alpha value is -4.00. The second kappa shape index (κ2) is 9.01. The highest BCUT2D eigenvalue weighted by atomic mass is 16.5. The van der Waals surface area contributed by atoms with E-state index >= 15 is 0 Å². The lowest BCUT2D eigenvalue weighted by Gasteiger charge is -2.18. The third-order valence-electron chi connectivity index (χ3n) is 5.44. The van der Waals surface area contributed by atoms with Gasteiger partial charge in [0.25, 0.3) is 5.91 Å². The van der Waals surface area contributed by atoms with E-state index in [0.29, 0.717) is 35.0 Å². The number of urea groups is 1. The average molecular weight is 431 g/mol. The highest BCUT2D eigenvalue weighted by Gasteiger charge is 2.26. The van der Waals surface area contributed by atoms with Gasteiger partial charge in [-0.05, 0) is 55.3 Å². The normalized spacial score (nSPS) is 12.2. The molecule has 0 bridgehead atoms. The standard InChI is InChI=1S/C25H25N3O4/c1-16-4-6-18(7-5-16)24(29)28-13-12-17-8-9-19(14-22(17)28)26-25(30)27-21-15-20(31-2)10-11-23(21)32-3/h4-11,14-15H,12-13H2,1-3H3,(H2,26,27,30). The Morgan fingerprint density at radius 1 is 0.906 bits per heavy atom. The molecule has 0 aromatic heterocycles. The number of amides is 3. The van der Waals surface area contributed by atoms with Gasteiger partial charge in [0, 0.05) is 29.5 Å². The second-order valence-corrected chi connectivity index (χ2v) is 7.56. The first-order valence-electron chi connectivity index (χ1n) is 10.3. The number of nitrogens with zero attached hydrogens (tertiary/aromatic N) is 1. The first-order chi connectivity index (χ1) is 15.5. The van der Waals surface area contributed by atoms with E-state index in [1.165, 1.54) is 7.11 Å². The molecule has 0 spiro atoms. The van der Waals surface area contributed by atoms with Crippen LogP contribution < -0.4 is 25.0 Å². The Kier molecular flexibility index (Phi) is 5.98. The molecule has 0 saturated heterocycles. The fourth-order valence-electron chi connectivity index (χ4n) is 3.72. The summed E-state index contributed by atoms with van der Waals surface area (Å²) in [7, 11) is 3.09. The molecule has 4 rings (SSSR count). The van der Waals surface area contributed by atoms with Crippen LogP contribution in [0.2, 0.25) is 0 Å². The molecule has 0 saturated carbocycles. The number of methoxy groups -OCH3 is 2. The molecule has 0 unspecified atom stereocenters. The molecule has 2 N–H and O–H groups in total. The second-order valence-electron chi connectivity index (χ2n) is 7.56. The molecule has 3 amide bonds. The number of carbonyl (C=O) groups excluding carboxylic acids is 2. The molecule has 0 aliphatic carbocycles. The lowest BCUT2D eigenvalue weighted by atomic mass is 10.1. The van der Waals surface area contributed by atoms with E-state index in [4.69, 9.17) is 9.47 Å². The molecule has 164 valence electrons. The summed E-state index contributed by atoms with van der Waals surface area (Å²) in [6.07, 6.45) is 0.778. The molecule has 7 nitrogen and oxygen atoms in total. The van der Waals surface area contributed by atoms with Crippen LogP contribution in [0.25, 0.3) is 0 Å². The van der Waals surface area contributed by atoms with Crippen molar-refractivity contribution in [1.29, 1.82) is 0 Å². The summed E-state index contributed by atoms with van der Waals surface area (Å²) in [6.45, 7) is 2.60. The van der Waals surface area contributed by atoms with E-state index in [2.05, 4.69) is 10.6 Å². The zero-order valence-corrected chi connectivity index (χ0v) is 18.3. The zero-order chi connectivity index (χ0) is 22.7. The van der Waals surface area contributed by atoms with Gasteiger partial charge in [-0.15, -0.1) is 0 Å². The minimum atomic E-state index is -0.425. The van der Waals surface area contributed by atoms with Gasteiger partial charge in [-0.3, -0.25) is 4.79 Å². The van der Waals surface area contributed by atoms with Gasteiger partial charge < -0.3 is 25.0 Å². The maximum Gasteiger partial charge on any atom is 0.323 e. The summed E-state index contributed by atoms with van der Waals surface area (Å²) < 4.78 is 10.5. The van der Waals surface area contributed by atoms with Crippen LogP contribution in [-0.2, 0) is 6.42 Å². The molecule has 0 atom stereocenters. The number of carbonyl (C=O) groups is 2. The molecule has 0 radical (unpaired) electrons. The van der Waals surface area contributed by atoms with Gasteiger partial charge in [0.05, 0.1) is 19.9 Å². The molecule has 3 aromatic carbocycles. The first kappa shape index (κ1) is 21.2. The molecule has 3 aromatic rings. The van der Waals surface area contributed by atoms with Crippen LogP contribution >= 0.6 is 0 Å². The predicted octanol–water partition coefficient (Wildman–Crippen LogP) is 4.86. The molecule has 1 aliphatic rings. The Morgan fingerprint density at radius 3 is 2.41 bits per heavy atom. The van der Waals surface area contributed by atoms with Crippen molar-refractivity contribution in [3.05, 3.63) is 77.4 Å². The topological polar surface area (TPSA) is 79.9 Å². The van der Waals surface area contributed by atoms with Crippen molar-refractivity contribution < 1.29 is 19.1 Å². The average Bonchev–Trinajstić information content (AvgIpc) is 3.22. The van der Waals surface area contributed by atoms with Gasteiger partial charge in [-0.25, -0.2) is 4.79 Å². The maximum atomic E-state index is 13.0. The van der Waals surface area contributed by atoms with E-state index in [1.54, 1.807) is 30.2 Å². The Balaban J connectivity index is 1.51. The van der Waals surface area contributed by atoms with Gasteiger partial charge in [0.1, 0.15) is 11.5 Å². The number of ether oxygens (including phenoxy) is 2. The van der Waals surface area contributed by atoms with Crippen molar-refractivity contribution in [2.45, 2.75) is 13.3 Å².